The van der Waals surface area contributed by atoms with Crippen molar-refractivity contribution in [2.24, 2.45) is 0 Å². The third-order valence-corrected chi connectivity index (χ3v) is 0. The summed E-state index contributed by atoms with van der Waals surface area (Å²) in [6, 6.07) is 0. The molecule has 0 amide bonds. The summed E-state index contributed by atoms with van der Waals surface area (Å²) in [7, 11) is 0. The Morgan fingerprint density at radius 2 is 0.800 bits per heavy atom. The minimum atomic E-state index is 0. The second-order valence-corrected chi connectivity index (χ2v) is 0. The summed E-state index contributed by atoms with van der Waals surface area (Å²) in [5, 5.41) is 0. The number of hydrogen-bond acceptors (Lipinski definition) is 2. The molecule has 0 aliphatic rings. The Bertz CT molecular complexity index is 9.61. The van der Waals surface area contributed by atoms with Crippen molar-refractivity contribution in [3.63, 3.8) is 0 Å². The molecule has 5 heteroatoms. The monoisotopic (exact) mass is 138 g/mol. The average Bonchev–Trinajstić information content (AvgIpc) is 0. The molecule has 0 aromatic carbocycles. The Balaban J connectivity index is 0. The smallest absolute Gasteiger partial charge is 0.870 e. The molecule has 0 heterocycles. The van der Waals surface area contributed by atoms with Crippen LogP contribution in [-0.4, -0.2) is 130 Å². The van der Waals surface area contributed by atoms with Crippen LogP contribution in [-0.2, 0) is 0 Å². The molecule has 0 saturated heterocycles. The van der Waals surface area contributed by atoms with E-state index in [1.807, 2.05) is 0 Å². The molecule has 20 valence electrons. The maximum absolute atomic E-state index is 0. The van der Waals surface area contributed by atoms with E-state index in [0.29, 0.717) is 0 Å². The average molecular weight is 138 g/mol. The Morgan fingerprint density at radius 1 is 0.800 bits per heavy atom. The van der Waals surface area contributed by atoms with Crippen LogP contribution in [0, 0.1) is 0 Å². The summed E-state index contributed by atoms with van der Waals surface area (Å²) in [6.07, 6.45) is 0. The SMILES string of the molecule is [Ca+2].[KH].[NaH].[OH-].[OH-]. The van der Waals surface area contributed by atoms with E-state index in [2.05, 4.69) is 0 Å². The van der Waals surface area contributed by atoms with Crippen LogP contribution in [0.4, 0.5) is 0 Å². The molecular formula is H4CaKNaO2. The maximum Gasteiger partial charge on any atom is -0.870 e. The second-order valence-electron chi connectivity index (χ2n) is 0. The van der Waals surface area contributed by atoms with Gasteiger partial charge < -0.3 is 11.0 Å². The summed E-state index contributed by atoms with van der Waals surface area (Å²) in [6.45, 7) is 0. The van der Waals surface area contributed by atoms with Crippen molar-refractivity contribution >= 4 is 119 Å². The van der Waals surface area contributed by atoms with Crippen LogP contribution in [0.3, 0.4) is 0 Å². The minimum Gasteiger partial charge on any atom is -0.870 e. The van der Waals surface area contributed by atoms with Crippen molar-refractivity contribution in [3.05, 3.63) is 0 Å². The zero-order valence-corrected chi connectivity index (χ0v) is 3.81. The van der Waals surface area contributed by atoms with E-state index >= 15 is 0 Å². The Kier molecular flexibility index (Phi) is 184. The van der Waals surface area contributed by atoms with Crippen molar-refractivity contribution in [3.8, 4) is 0 Å². The fraction of sp³-hybridized carbons (Fsp3) is 0. The van der Waals surface area contributed by atoms with Crippen molar-refractivity contribution < 1.29 is 11.0 Å². The summed E-state index contributed by atoms with van der Waals surface area (Å²) < 4.78 is 0. The first-order valence-electron chi connectivity index (χ1n) is 0. The van der Waals surface area contributed by atoms with Crippen molar-refractivity contribution in [2.75, 3.05) is 0 Å². The molecule has 2 N–H and O–H groups in total. The number of rotatable bonds is 0. The van der Waals surface area contributed by atoms with Crippen LogP contribution in [0.25, 0.3) is 0 Å². The van der Waals surface area contributed by atoms with Gasteiger partial charge >= 0.3 is 119 Å². The van der Waals surface area contributed by atoms with E-state index in [4.69, 9.17) is 0 Å². The van der Waals surface area contributed by atoms with Gasteiger partial charge in [0.1, 0.15) is 0 Å². The topological polar surface area (TPSA) is 60.0 Å². The molecule has 0 aliphatic heterocycles. The molecule has 0 spiro atoms. The van der Waals surface area contributed by atoms with Gasteiger partial charge in [0.15, 0.2) is 0 Å². The normalized spacial score (nSPS) is 0. The van der Waals surface area contributed by atoms with Gasteiger partial charge in [-0.1, -0.05) is 0 Å². The fourth-order valence-electron chi connectivity index (χ4n) is 0. The van der Waals surface area contributed by atoms with Crippen molar-refractivity contribution in [2.45, 2.75) is 0 Å². The molecule has 0 fully saturated rings. The van der Waals surface area contributed by atoms with Crippen LogP contribution >= 0.6 is 0 Å². The van der Waals surface area contributed by atoms with Gasteiger partial charge in [-0.2, -0.15) is 0 Å². The molecule has 0 bridgehead atoms. The summed E-state index contributed by atoms with van der Waals surface area (Å²) >= 11 is 0. The largest absolute Gasteiger partial charge is 0.870 e. The minimum absolute atomic E-state index is 0. The Hall–Kier alpha value is 3.82. The molecule has 0 saturated carbocycles. The van der Waals surface area contributed by atoms with Crippen LogP contribution in [0.15, 0.2) is 0 Å². The first-order chi connectivity index (χ1) is 0. The zero-order valence-electron chi connectivity index (χ0n) is 1.60. The first-order valence-corrected chi connectivity index (χ1v) is 0. The third-order valence-electron chi connectivity index (χ3n) is 0. The van der Waals surface area contributed by atoms with Gasteiger partial charge in [-0.25, -0.2) is 0 Å². The molecule has 0 rings (SSSR count). The van der Waals surface area contributed by atoms with E-state index in [9.17, 15) is 0 Å². The molecule has 0 atom stereocenters. The van der Waals surface area contributed by atoms with E-state index in [-0.39, 0.29) is 130 Å². The summed E-state index contributed by atoms with van der Waals surface area (Å²) in [5.74, 6) is 0. The van der Waals surface area contributed by atoms with Crippen LogP contribution < -0.4 is 0 Å². The van der Waals surface area contributed by atoms with E-state index in [0.717, 1.165) is 0 Å². The van der Waals surface area contributed by atoms with Gasteiger partial charge in [0, 0.05) is 0 Å². The van der Waals surface area contributed by atoms with Gasteiger partial charge in [0.25, 0.3) is 0 Å². The van der Waals surface area contributed by atoms with Crippen molar-refractivity contribution in [1.29, 1.82) is 0 Å². The molecule has 0 radical (unpaired) electrons. The van der Waals surface area contributed by atoms with E-state index in [1.165, 1.54) is 0 Å². The summed E-state index contributed by atoms with van der Waals surface area (Å²) in [5.41, 5.74) is 0. The third kappa shape index (κ3) is 18.2. The van der Waals surface area contributed by atoms with E-state index < -0.39 is 0 Å². The standard InChI is InChI=1S/Ca.K.Na.2H2O.2H/h;;;2*1H2;;/q+2;;;;;;/p-2. The van der Waals surface area contributed by atoms with Crippen molar-refractivity contribution in [1.82, 2.24) is 0 Å². The second kappa shape index (κ2) is 24.9. The Morgan fingerprint density at radius 3 is 0.800 bits per heavy atom. The predicted molar refractivity (Wildman–Crippen MR) is 23.9 cm³/mol. The zero-order chi connectivity index (χ0) is 0. The molecule has 2 nitrogen and oxygen atoms in total. The maximum atomic E-state index is 0. The molecular weight excluding hydrogens is 134 g/mol. The van der Waals surface area contributed by atoms with Gasteiger partial charge in [-0.05, 0) is 0 Å². The fourth-order valence-corrected chi connectivity index (χ4v) is 0. The van der Waals surface area contributed by atoms with E-state index in [1.54, 1.807) is 0 Å². The Labute approximate surface area is 126 Å². The van der Waals surface area contributed by atoms with Gasteiger partial charge in [0.2, 0.25) is 0 Å². The van der Waals surface area contributed by atoms with Crippen LogP contribution in [0.1, 0.15) is 0 Å². The molecule has 0 aromatic rings. The van der Waals surface area contributed by atoms with Gasteiger partial charge in [0.05, 0.1) is 0 Å². The molecule has 5 heavy (non-hydrogen) atoms. The van der Waals surface area contributed by atoms with Gasteiger partial charge in [-0.3, -0.25) is 0 Å². The number of hydrogen-bond donors (Lipinski definition) is 0. The summed E-state index contributed by atoms with van der Waals surface area (Å²) in [4.78, 5) is 0. The molecule has 0 aliphatic carbocycles. The van der Waals surface area contributed by atoms with Gasteiger partial charge in [-0.15, -0.1) is 0 Å². The quantitative estimate of drug-likeness (QED) is 0.362. The molecule has 0 aromatic heterocycles. The van der Waals surface area contributed by atoms with Crippen LogP contribution in [0.2, 0.25) is 0 Å². The predicted octanol–water partition coefficient (Wildman–Crippen LogP) is -2.03. The first kappa shape index (κ1) is 37.0. The molecule has 0 unspecified atom stereocenters. The van der Waals surface area contributed by atoms with Crippen LogP contribution in [0.5, 0.6) is 0 Å².